The molecule has 0 radical (unpaired) electrons. The Balaban J connectivity index is 2.10. The fourth-order valence-corrected chi connectivity index (χ4v) is 2.57. The van der Waals surface area contributed by atoms with Crippen molar-refractivity contribution in [1.82, 2.24) is 15.0 Å². The van der Waals surface area contributed by atoms with Crippen LogP contribution in [0.5, 0.6) is 0 Å². The number of H-pyrrole nitrogens is 1. The highest BCUT2D eigenvalue weighted by Crippen LogP contribution is 2.32. The van der Waals surface area contributed by atoms with E-state index in [2.05, 4.69) is 15.0 Å². The molecule has 0 bridgehead atoms. The molecule has 0 saturated carbocycles. The molecule has 1 aliphatic heterocycles. The number of ether oxygens (including phenoxy) is 1. The Morgan fingerprint density at radius 3 is 2.55 bits per heavy atom. The van der Waals surface area contributed by atoms with Crippen LogP contribution in [-0.2, 0) is 4.74 Å². The molecule has 0 amide bonds. The normalized spacial score (nSPS) is 28.4. The first-order valence-electron chi connectivity index (χ1n) is 6.93. The summed E-state index contributed by atoms with van der Waals surface area (Å²) < 4.78 is 5.39. The molecule has 2 aromatic heterocycles. The highest BCUT2D eigenvalue weighted by Gasteiger charge is 2.44. The van der Waals surface area contributed by atoms with Crippen LogP contribution in [0.3, 0.4) is 0 Å². The lowest BCUT2D eigenvalue weighted by atomic mass is 10.0. The molecule has 3 heterocycles. The molecule has 1 aliphatic rings. The molecule has 1 saturated heterocycles. The van der Waals surface area contributed by atoms with Gasteiger partial charge in [-0.05, 0) is 19.9 Å². The minimum atomic E-state index is -1.30. The van der Waals surface area contributed by atoms with Gasteiger partial charge in [-0.15, -0.1) is 0 Å². The van der Waals surface area contributed by atoms with Crippen molar-refractivity contribution in [3.8, 4) is 0 Å². The molecule has 2 aromatic rings. The molecule has 22 heavy (non-hydrogen) atoms. The van der Waals surface area contributed by atoms with E-state index in [1.165, 1.54) is 6.07 Å². The van der Waals surface area contributed by atoms with Crippen molar-refractivity contribution in [1.29, 1.82) is 0 Å². The van der Waals surface area contributed by atoms with E-state index in [4.69, 9.17) is 9.84 Å². The predicted octanol–water partition coefficient (Wildman–Crippen LogP) is -0.911. The van der Waals surface area contributed by atoms with Gasteiger partial charge in [0, 0.05) is 0 Å². The Morgan fingerprint density at radius 2 is 1.91 bits per heavy atom. The van der Waals surface area contributed by atoms with Gasteiger partial charge in [0.25, 0.3) is 5.56 Å². The third-order valence-electron chi connectivity index (χ3n) is 3.97. The maximum Gasteiger partial charge on any atom is 0.255 e. The number of nitrogens with zero attached hydrogens (tertiary/aromatic N) is 2. The monoisotopic (exact) mass is 307 g/mol. The summed E-state index contributed by atoms with van der Waals surface area (Å²) in [7, 11) is 0. The zero-order valence-electron chi connectivity index (χ0n) is 12.1. The second kappa shape index (κ2) is 5.40. The summed E-state index contributed by atoms with van der Waals surface area (Å²) in [5.74, 6) is 0. The molecule has 1 unspecified atom stereocenters. The number of pyridine rings is 1. The molecule has 4 N–H and O–H groups in total. The third kappa shape index (κ3) is 2.30. The lowest BCUT2D eigenvalue weighted by Crippen LogP contribution is -2.33. The largest absolute Gasteiger partial charge is 0.394 e. The number of aromatic amines is 1. The second-order valence-electron chi connectivity index (χ2n) is 5.44. The second-order valence-corrected chi connectivity index (χ2v) is 5.44. The van der Waals surface area contributed by atoms with Crippen LogP contribution in [0.4, 0.5) is 0 Å². The quantitative estimate of drug-likeness (QED) is 0.565. The highest BCUT2D eigenvalue weighted by molar-refractivity contribution is 5.70. The number of aromatic nitrogens is 3. The minimum absolute atomic E-state index is 0.146. The van der Waals surface area contributed by atoms with Crippen LogP contribution in [0.1, 0.15) is 23.1 Å². The van der Waals surface area contributed by atoms with Crippen molar-refractivity contribution in [2.45, 2.75) is 38.3 Å². The van der Waals surface area contributed by atoms with Gasteiger partial charge in [0.2, 0.25) is 0 Å². The number of aliphatic hydroxyl groups is 3. The minimum Gasteiger partial charge on any atom is -0.394 e. The summed E-state index contributed by atoms with van der Waals surface area (Å²) in [4.78, 5) is 23.4. The van der Waals surface area contributed by atoms with E-state index < -0.39 is 36.6 Å². The van der Waals surface area contributed by atoms with Crippen molar-refractivity contribution in [2.75, 3.05) is 6.61 Å². The summed E-state index contributed by atoms with van der Waals surface area (Å²) in [6.07, 6.45) is -4.50. The molecule has 8 heteroatoms. The Labute approximate surface area is 125 Å². The average Bonchev–Trinajstić information content (AvgIpc) is 2.76. The molecule has 118 valence electrons. The van der Waals surface area contributed by atoms with E-state index in [1.807, 2.05) is 0 Å². The Bertz CT molecular complexity index is 775. The highest BCUT2D eigenvalue weighted by atomic mass is 16.6. The summed E-state index contributed by atoms with van der Waals surface area (Å²) >= 11 is 0. The summed E-state index contributed by atoms with van der Waals surface area (Å²) in [6.45, 7) is 3.15. The SMILES string of the molecule is Cc1nc2cc([C@@H]3O[C@H](CO)[C@H](O)C3O)c(=O)[nH]c2nc1C. The van der Waals surface area contributed by atoms with Crippen LogP contribution in [0.15, 0.2) is 10.9 Å². The Hall–Kier alpha value is -1.87. The topological polar surface area (TPSA) is 129 Å². The van der Waals surface area contributed by atoms with Gasteiger partial charge >= 0.3 is 0 Å². The van der Waals surface area contributed by atoms with Crippen LogP contribution in [0.25, 0.3) is 11.2 Å². The molecular weight excluding hydrogens is 290 g/mol. The molecule has 4 atom stereocenters. The molecular formula is C14H17N3O5. The van der Waals surface area contributed by atoms with Crippen LogP contribution in [0, 0.1) is 13.8 Å². The van der Waals surface area contributed by atoms with Crippen molar-refractivity contribution >= 4 is 11.2 Å². The van der Waals surface area contributed by atoms with Crippen molar-refractivity contribution in [3.05, 3.63) is 33.4 Å². The van der Waals surface area contributed by atoms with Crippen molar-refractivity contribution in [2.24, 2.45) is 0 Å². The predicted molar refractivity (Wildman–Crippen MR) is 76.3 cm³/mol. The lowest BCUT2D eigenvalue weighted by molar-refractivity contribution is -0.0231. The molecule has 1 fully saturated rings. The first-order chi connectivity index (χ1) is 10.4. The summed E-state index contributed by atoms with van der Waals surface area (Å²) in [6, 6.07) is 1.49. The summed E-state index contributed by atoms with van der Waals surface area (Å²) in [5.41, 5.74) is 1.93. The van der Waals surface area contributed by atoms with E-state index >= 15 is 0 Å². The van der Waals surface area contributed by atoms with E-state index in [0.717, 1.165) is 5.69 Å². The summed E-state index contributed by atoms with van der Waals surface area (Å²) in [5, 5.41) is 29.0. The standard InChI is InChI=1S/C14H17N3O5/c1-5-6(2)16-13-8(15-5)3-7(14(21)17-13)12-11(20)10(19)9(4-18)22-12/h3,9-12,18-20H,4H2,1-2H3,(H,16,17,21)/t9-,10+,11?,12+/m1/s1. The van der Waals surface area contributed by atoms with Crippen LogP contribution in [0.2, 0.25) is 0 Å². The lowest BCUT2D eigenvalue weighted by Gasteiger charge is -2.14. The van der Waals surface area contributed by atoms with Gasteiger partial charge in [-0.25, -0.2) is 9.97 Å². The van der Waals surface area contributed by atoms with Gasteiger partial charge < -0.3 is 25.0 Å². The Morgan fingerprint density at radius 1 is 1.23 bits per heavy atom. The van der Waals surface area contributed by atoms with Crippen LogP contribution >= 0.6 is 0 Å². The molecule has 0 aliphatic carbocycles. The number of hydrogen-bond donors (Lipinski definition) is 4. The van der Waals surface area contributed by atoms with Crippen molar-refractivity contribution in [3.63, 3.8) is 0 Å². The van der Waals surface area contributed by atoms with E-state index in [9.17, 15) is 15.0 Å². The van der Waals surface area contributed by atoms with Gasteiger partial charge in [0.1, 0.15) is 29.9 Å². The maximum absolute atomic E-state index is 12.2. The molecule has 0 aromatic carbocycles. The molecule has 0 spiro atoms. The molecule has 3 rings (SSSR count). The number of fused-ring (bicyclic) bond motifs is 1. The van der Waals surface area contributed by atoms with Crippen LogP contribution in [-0.4, -0.2) is 55.2 Å². The van der Waals surface area contributed by atoms with Gasteiger partial charge in [-0.1, -0.05) is 0 Å². The fourth-order valence-electron chi connectivity index (χ4n) is 2.57. The number of aliphatic hydroxyl groups excluding tert-OH is 3. The maximum atomic E-state index is 12.2. The fraction of sp³-hybridized carbons (Fsp3) is 0.500. The van der Waals surface area contributed by atoms with Gasteiger partial charge in [-0.2, -0.15) is 0 Å². The Kier molecular flexibility index (Phi) is 3.69. The number of aryl methyl sites for hydroxylation is 2. The van der Waals surface area contributed by atoms with Crippen LogP contribution < -0.4 is 5.56 Å². The number of nitrogens with one attached hydrogen (secondary N) is 1. The first kappa shape index (κ1) is 15.0. The van der Waals surface area contributed by atoms with E-state index in [1.54, 1.807) is 13.8 Å². The van der Waals surface area contributed by atoms with E-state index in [0.29, 0.717) is 16.9 Å². The smallest absolute Gasteiger partial charge is 0.255 e. The first-order valence-corrected chi connectivity index (χ1v) is 6.93. The van der Waals surface area contributed by atoms with Gasteiger partial charge in [0.05, 0.1) is 23.6 Å². The van der Waals surface area contributed by atoms with Crippen molar-refractivity contribution < 1.29 is 20.1 Å². The van der Waals surface area contributed by atoms with Gasteiger partial charge in [-0.3, -0.25) is 4.79 Å². The average molecular weight is 307 g/mol. The zero-order valence-corrected chi connectivity index (χ0v) is 12.1. The molecule has 8 nitrogen and oxygen atoms in total. The number of rotatable bonds is 2. The zero-order chi connectivity index (χ0) is 16.0. The number of hydrogen-bond acceptors (Lipinski definition) is 7. The van der Waals surface area contributed by atoms with E-state index in [-0.39, 0.29) is 5.56 Å². The third-order valence-corrected chi connectivity index (χ3v) is 3.97. The van der Waals surface area contributed by atoms with Gasteiger partial charge in [0.15, 0.2) is 5.65 Å².